The fourth-order valence-corrected chi connectivity index (χ4v) is 4.94. The van der Waals surface area contributed by atoms with Crippen LogP contribution in [0.25, 0.3) is 11.6 Å². The van der Waals surface area contributed by atoms with Crippen molar-refractivity contribution in [1.82, 2.24) is 5.32 Å². The van der Waals surface area contributed by atoms with Crippen LogP contribution in [0.5, 0.6) is 5.75 Å². The zero-order valence-electron chi connectivity index (χ0n) is 21.8. The topological polar surface area (TPSA) is 79.0 Å². The Hall–Kier alpha value is -3.87. The summed E-state index contributed by atoms with van der Waals surface area (Å²) in [4.78, 5) is 42.1. The second kappa shape index (κ2) is 9.64. The zero-order valence-corrected chi connectivity index (χ0v) is 21.8. The first kappa shape index (κ1) is 25.2. The minimum Gasteiger partial charge on any atom is -0.494 e. The van der Waals surface area contributed by atoms with Gasteiger partial charge in [-0.2, -0.15) is 0 Å². The van der Waals surface area contributed by atoms with Crippen LogP contribution in [-0.2, 0) is 9.59 Å². The van der Waals surface area contributed by atoms with Gasteiger partial charge < -0.3 is 9.64 Å². The van der Waals surface area contributed by atoms with Gasteiger partial charge in [-0.15, -0.1) is 0 Å². The molecular formula is C29H33N3O4. The summed E-state index contributed by atoms with van der Waals surface area (Å²) in [5.74, 6) is -0.734. The maximum Gasteiger partial charge on any atom is 0.335 e. The Bertz CT molecular complexity index is 1290. The Morgan fingerprint density at radius 1 is 1.03 bits per heavy atom. The highest BCUT2D eigenvalue weighted by atomic mass is 16.5. The SMILES string of the molecule is CCCN1c2cc(C)c(/C=C3/C(=O)NC(=O)N(c4ccc(OCC)cc4)C3=O)cc2C(C)=CC1(C)C. The molecule has 188 valence electrons. The number of hydrogen-bond donors (Lipinski definition) is 1. The third-order valence-corrected chi connectivity index (χ3v) is 6.62. The Balaban J connectivity index is 1.74. The van der Waals surface area contributed by atoms with Crippen LogP contribution in [0.4, 0.5) is 16.2 Å². The fraction of sp³-hybridized carbons (Fsp3) is 0.345. The van der Waals surface area contributed by atoms with Gasteiger partial charge in [0.2, 0.25) is 0 Å². The summed E-state index contributed by atoms with van der Waals surface area (Å²) >= 11 is 0. The normalized spacial score (nSPS) is 18.2. The number of anilines is 2. The van der Waals surface area contributed by atoms with Crippen LogP contribution < -0.4 is 19.9 Å². The number of imide groups is 2. The standard InChI is InChI=1S/C29H33N3O4/c1-7-13-31-25-14-18(3)20(15-23(25)19(4)17-29(31,5)6)16-24-26(33)30-28(35)32(27(24)34)21-9-11-22(12-10-21)36-8-2/h9-12,14-17H,7-8,13H2,1-6H3,(H,30,33,35)/b24-16-. The van der Waals surface area contributed by atoms with Crippen molar-refractivity contribution >= 4 is 40.9 Å². The number of carbonyl (C=O) groups is 3. The number of barbiturate groups is 1. The van der Waals surface area contributed by atoms with Gasteiger partial charge in [0.15, 0.2) is 0 Å². The van der Waals surface area contributed by atoms with E-state index in [4.69, 9.17) is 4.74 Å². The third-order valence-electron chi connectivity index (χ3n) is 6.62. The largest absolute Gasteiger partial charge is 0.494 e. The van der Waals surface area contributed by atoms with Gasteiger partial charge in [0.05, 0.1) is 17.8 Å². The molecule has 2 heterocycles. The smallest absolute Gasteiger partial charge is 0.335 e. The summed E-state index contributed by atoms with van der Waals surface area (Å²) in [5.41, 5.74) is 5.22. The van der Waals surface area contributed by atoms with Gasteiger partial charge in [-0.05, 0) is 100 Å². The highest BCUT2D eigenvalue weighted by molar-refractivity contribution is 6.39. The van der Waals surface area contributed by atoms with E-state index in [1.165, 1.54) is 0 Å². The number of hydrogen-bond acceptors (Lipinski definition) is 5. The number of carbonyl (C=O) groups excluding carboxylic acids is 3. The minimum atomic E-state index is -0.773. The quantitative estimate of drug-likeness (QED) is 0.432. The number of nitrogens with one attached hydrogen (secondary N) is 1. The van der Waals surface area contributed by atoms with Crippen LogP contribution in [-0.4, -0.2) is 36.5 Å². The summed E-state index contributed by atoms with van der Waals surface area (Å²) in [7, 11) is 0. The Kier molecular flexibility index (Phi) is 6.76. The van der Waals surface area contributed by atoms with E-state index >= 15 is 0 Å². The first-order valence-corrected chi connectivity index (χ1v) is 12.3. The Morgan fingerprint density at radius 2 is 1.72 bits per heavy atom. The second-order valence-corrected chi connectivity index (χ2v) is 9.74. The first-order chi connectivity index (χ1) is 17.1. The Labute approximate surface area is 212 Å². The molecule has 0 aliphatic carbocycles. The predicted molar refractivity (Wildman–Crippen MR) is 143 cm³/mol. The number of amides is 4. The van der Waals surface area contributed by atoms with Crippen LogP contribution in [0.1, 0.15) is 57.7 Å². The van der Waals surface area contributed by atoms with Gasteiger partial charge in [0.25, 0.3) is 11.8 Å². The van der Waals surface area contributed by atoms with Gasteiger partial charge in [-0.1, -0.05) is 13.0 Å². The van der Waals surface area contributed by atoms with Crippen LogP contribution in [0.3, 0.4) is 0 Å². The third kappa shape index (κ3) is 4.53. The lowest BCUT2D eigenvalue weighted by molar-refractivity contribution is -0.122. The summed E-state index contributed by atoms with van der Waals surface area (Å²) in [6, 6.07) is 9.99. The number of allylic oxidation sites excluding steroid dienone is 1. The molecule has 36 heavy (non-hydrogen) atoms. The molecule has 2 aliphatic heterocycles. The van der Waals surface area contributed by atoms with E-state index in [-0.39, 0.29) is 11.1 Å². The molecule has 2 aromatic rings. The highest BCUT2D eigenvalue weighted by Crippen LogP contribution is 2.41. The first-order valence-electron chi connectivity index (χ1n) is 12.3. The molecule has 0 spiro atoms. The van der Waals surface area contributed by atoms with Crippen molar-refractivity contribution in [3.05, 3.63) is 64.7 Å². The van der Waals surface area contributed by atoms with Crippen molar-refractivity contribution in [2.24, 2.45) is 0 Å². The number of aryl methyl sites for hydroxylation is 1. The maximum atomic E-state index is 13.4. The molecule has 0 aromatic heterocycles. The van der Waals surface area contributed by atoms with Crippen LogP contribution in [0.15, 0.2) is 48.0 Å². The average molecular weight is 488 g/mol. The predicted octanol–water partition coefficient (Wildman–Crippen LogP) is 5.47. The number of fused-ring (bicyclic) bond motifs is 1. The molecule has 0 bridgehead atoms. The molecule has 1 N–H and O–H groups in total. The highest BCUT2D eigenvalue weighted by Gasteiger charge is 2.37. The molecule has 1 saturated heterocycles. The fourth-order valence-electron chi connectivity index (χ4n) is 4.94. The van der Waals surface area contributed by atoms with E-state index in [9.17, 15) is 14.4 Å². The lowest BCUT2D eigenvalue weighted by atomic mass is 9.86. The van der Waals surface area contributed by atoms with E-state index in [2.05, 4.69) is 50.1 Å². The van der Waals surface area contributed by atoms with Gasteiger partial charge in [-0.3, -0.25) is 14.9 Å². The number of urea groups is 1. The Morgan fingerprint density at radius 3 is 2.36 bits per heavy atom. The van der Waals surface area contributed by atoms with E-state index in [0.29, 0.717) is 18.0 Å². The number of rotatable bonds is 6. The molecule has 4 amide bonds. The van der Waals surface area contributed by atoms with Gasteiger partial charge in [-0.25, -0.2) is 9.69 Å². The lowest BCUT2D eigenvalue weighted by Gasteiger charge is -2.43. The summed E-state index contributed by atoms with van der Waals surface area (Å²) < 4.78 is 5.44. The van der Waals surface area contributed by atoms with E-state index in [1.54, 1.807) is 30.3 Å². The van der Waals surface area contributed by atoms with Crippen molar-refractivity contribution in [3.63, 3.8) is 0 Å². The molecule has 1 fully saturated rings. The van der Waals surface area contributed by atoms with E-state index in [1.807, 2.05) is 19.9 Å². The summed E-state index contributed by atoms with van der Waals surface area (Å²) in [6.07, 6.45) is 4.85. The van der Waals surface area contributed by atoms with Gasteiger partial charge in [0.1, 0.15) is 11.3 Å². The minimum absolute atomic E-state index is 0.0882. The van der Waals surface area contributed by atoms with Crippen molar-refractivity contribution in [3.8, 4) is 5.75 Å². The van der Waals surface area contributed by atoms with Crippen LogP contribution in [0.2, 0.25) is 0 Å². The number of nitrogens with zero attached hydrogens (tertiary/aromatic N) is 2. The van der Waals surface area contributed by atoms with Crippen LogP contribution >= 0.6 is 0 Å². The summed E-state index contributed by atoms with van der Waals surface area (Å²) in [5, 5.41) is 2.30. The van der Waals surface area contributed by atoms with Gasteiger partial charge in [0, 0.05) is 17.8 Å². The second-order valence-electron chi connectivity index (χ2n) is 9.74. The number of ether oxygens (including phenoxy) is 1. The lowest BCUT2D eigenvalue weighted by Crippen LogP contribution is -2.54. The molecule has 4 rings (SSSR count). The van der Waals surface area contributed by atoms with Crippen molar-refractivity contribution < 1.29 is 19.1 Å². The molecule has 0 atom stereocenters. The van der Waals surface area contributed by atoms with E-state index < -0.39 is 17.8 Å². The molecule has 7 heteroatoms. The molecule has 0 radical (unpaired) electrons. The maximum absolute atomic E-state index is 13.4. The van der Waals surface area contributed by atoms with E-state index in [0.717, 1.165) is 45.8 Å². The van der Waals surface area contributed by atoms with Crippen molar-refractivity contribution in [1.29, 1.82) is 0 Å². The molecule has 7 nitrogen and oxygen atoms in total. The molecule has 2 aromatic carbocycles. The monoisotopic (exact) mass is 487 g/mol. The molecular weight excluding hydrogens is 454 g/mol. The average Bonchev–Trinajstić information content (AvgIpc) is 2.81. The van der Waals surface area contributed by atoms with Crippen molar-refractivity contribution in [2.75, 3.05) is 23.0 Å². The van der Waals surface area contributed by atoms with Crippen LogP contribution in [0, 0.1) is 6.92 Å². The van der Waals surface area contributed by atoms with Gasteiger partial charge >= 0.3 is 6.03 Å². The molecule has 0 unspecified atom stereocenters. The zero-order chi connectivity index (χ0) is 26.2. The summed E-state index contributed by atoms with van der Waals surface area (Å²) in [6.45, 7) is 13.9. The van der Waals surface area contributed by atoms with Crippen molar-refractivity contribution in [2.45, 2.75) is 53.5 Å². The number of benzene rings is 2. The molecule has 2 aliphatic rings. The molecule has 0 saturated carbocycles.